The third-order valence-corrected chi connectivity index (χ3v) is 4.63. The number of carbonyl (C=O) groups excluding carboxylic acids is 1. The summed E-state index contributed by atoms with van der Waals surface area (Å²) in [5, 5.41) is 3.05. The van der Waals surface area contributed by atoms with Crippen molar-refractivity contribution in [3.63, 3.8) is 0 Å². The Morgan fingerprint density at radius 3 is 2.52 bits per heavy atom. The van der Waals surface area contributed by atoms with E-state index in [2.05, 4.69) is 5.32 Å². The molecule has 27 heavy (non-hydrogen) atoms. The fraction of sp³-hybridized carbons (Fsp3) is 0.316. The van der Waals surface area contributed by atoms with E-state index in [0.717, 1.165) is 12.1 Å². The third kappa shape index (κ3) is 4.93. The summed E-state index contributed by atoms with van der Waals surface area (Å²) in [4.78, 5) is 14.3. The second-order valence-electron chi connectivity index (χ2n) is 6.15. The topological polar surface area (TPSA) is 41.6 Å². The van der Waals surface area contributed by atoms with Gasteiger partial charge in [-0.3, -0.25) is 4.79 Å². The van der Waals surface area contributed by atoms with Crippen LogP contribution in [0, 0.1) is 0 Å². The van der Waals surface area contributed by atoms with Crippen LogP contribution in [0.1, 0.15) is 11.1 Å². The molecular formula is C19H18ClF3N2O2. The van der Waals surface area contributed by atoms with Gasteiger partial charge in [0.1, 0.15) is 0 Å². The minimum atomic E-state index is -4.49. The molecule has 1 N–H and O–H groups in total. The van der Waals surface area contributed by atoms with Crippen LogP contribution in [0.5, 0.6) is 0 Å². The van der Waals surface area contributed by atoms with Crippen LogP contribution >= 0.6 is 11.6 Å². The summed E-state index contributed by atoms with van der Waals surface area (Å²) in [7, 11) is 0. The lowest BCUT2D eigenvalue weighted by Gasteiger charge is -2.31. The third-order valence-electron chi connectivity index (χ3n) is 4.26. The van der Waals surface area contributed by atoms with Crippen LogP contribution in [0.2, 0.25) is 5.02 Å². The first kappa shape index (κ1) is 19.5. The SMILES string of the molecule is O=C(Cc1ccccc1Cl)Nc1cc(C(F)(F)F)ccc1N1CCOCC1. The molecule has 1 aliphatic rings. The van der Waals surface area contributed by atoms with Gasteiger partial charge in [0, 0.05) is 18.1 Å². The van der Waals surface area contributed by atoms with Crippen LogP contribution < -0.4 is 10.2 Å². The van der Waals surface area contributed by atoms with Crippen LogP contribution in [0.15, 0.2) is 42.5 Å². The van der Waals surface area contributed by atoms with E-state index in [4.69, 9.17) is 16.3 Å². The zero-order valence-corrected chi connectivity index (χ0v) is 15.1. The Morgan fingerprint density at radius 1 is 1.15 bits per heavy atom. The van der Waals surface area contributed by atoms with E-state index in [1.165, 1.54) is 6.07 Å². The van der Waals surface area contributed by atoms with Gasteiger partial charge in [0.25, 0.3) is 0 Å². The second-order valence-corrected chi connectivity index (χ2v) is 6.55. The summed E-state index contributed by atoms with van der Waals surface area (Å²) in [6, 6.07) is 10.2. The summed E-state index contributed by atoms with van der Waals surface area (Å²) >= 11 is 6.06. The number of rotatable bonds is 4. The standard InChI is InChI=1S/C19H18ClF3N2O2/c20-15-4-2-1-3-13(15)11-18(26)24-16-12-14(19(21,22)23)5-6-17(16)25-7-9-27-10-8-25/h1-6,12H,7-11H2,(H,24,26). The average molecular weight is 399 g/mol. The molecule has 1 amide bonds. The van der Waals surface area contributed by atoms with Gasteiger partial charge in [0.05, 0.1) is 36.6 Å². The first-order valence-corrected chi connectivity index (χ1v) is 8.79. The zero-order valence-electron chi connectivity index (χ0n) is 14.4. The average Bonchev–Trinajstić information content (AvgIpc) is 2.63. The van der Waals surface area contributed by atoms with Gasteiger partial charge in [0.2, 0.25) is 5.91 Å². The van der Waals surface area contributed by atoms with Gasteiger partial charge in [-0.25, -0.2) is 0 Å². The first-order chi connectivity index (χ1) is 12.8. The predicted octanol–water partition coefficient (Wildman–Crippen LogP) is 4.38. The van der Waals surface area contributed by atoms with Crippen LogP contribution in [0.4, 0.5) is 24.5 Å². The number of anilines is 2. The van der Waals surface area contributed by atoms with Crippen molar-refractivity contribution in [2.75, 3.05) is 36.5 Å². The molecule has 1 saturated heterocycles. The molecule has 1 heterocycles. The zero-order chi connectivity index (χ0) is 19.4. The lowest BCUT2D eigenvalue weighted by molar-refractivity contribution is -0.137. The number of nitrogens with one attached hydrogen (secondary N) is 1. The van der Waals surface area contributed by atoms with Crippen molar-refractivity contribution in [2.24, 2.45) is 0 Å². The van der Waals surface area contributed by atoms with E-state index in [1.807, 2.05) is 4.90 Å². The van der Waals surface area contributed by atoms with Gasteiger partial charge in [-0.15, -0.1) is 0 Å². The number of halogens is 4. The van der Waals surface area contributed by atoms with Crippen LogP contribution in [0.25, 0.3) is 0 Å². The van der Waals surface area contributed by atoms with Gasteiger partial charge in [-0.2, -0.15) is 13.2 Å². The lowest BCUT2D eigenvalue weighted by atomic mass is 10.1. The molecule has 0 aliphatic carbocycles. The molecule has 0 aromatic heterocycles. The van der Waals surface area contributed by atoms with Crippen molar-refractivity contribution in [1.82, 2.24) is 0 Å². The highest BCUT2D eigenvalue weighted by molar-refractivity contribution is 6.31. The van der Waals surface area contributed by atoms with Gasteiger partial charge < -0.3 is 15.0 Å². The number of hydrogen-bond donors (Lipinski definition) is 1. The number of alkyl halides is 3. The predicted molar refractivity (Wildman–Crippen MR) is 98.3 cm³/mol. The molecule has 0 radical (unpaired) electrons. The normalized spacial score (nSPS) is 14.9. The van der Waals surface area contributed by atoms with Crippen molar-refractivity contribution in [3.05, 3.63) is 58.6 Å². The Balaban J connectivity index is 1.86. The Morgan fingerprint density at radius 2 is 1.85 bits per heavy atom. The van der Waals surface area contributed by atoms with E-state index < -0.39 is 17.6 Å². The highest BCUT2D eigenvalue weighted by Crippen LogP contribution is 2.36. The fourth-order valence-electron chi connectivity index (χ4n) is 2.90. The lowest BCUT2D eigenvalue weighted by Crippen LogP contribution is -2.37. The highest BCUT2D eigenvalue weighted by atomic mass is 35.5. The molecule has 144 valence electrons. The molecule has 0 spiro atoms. The number of benzene rings is 2. The maximum atomic E-state index is 13.1. The summed E-state index contributed by atoms with van der Waals surface area (Å²) in [5.41, 5.74) is 0.465. The monoisotopic (exact) mass is 398 g/mol. The van der Waals surface area contributed by atoms with Crippen molar-refractivity contribution in [1.29, 1.82) is 0 Å². The van der Waals surface area contributed by atoms with Gasteiger partial charge in [-0.1, -0.05) is 29.8 Å². The number of carbonyl (C=O) groups is 1. The van der Waals surface area contributed by atoms with Gasteiger partial charge in [-0.05, 0) is 29.8 Å². The van der Waals surface area contributed by atoms with Gasteiger partial charge in [0.15, 0.2) is 0 Å². The molecular weight excluding hydrogens is 381 g/mol. The maximum Gasteiger partial charge on any atom is 0.416 e. The van der Waals surface area contributed by atoms with Crippen LogP contribution in [-0.2, 0) is 22.1 Å². The number of hydrogen-bond acceptors (Lipinski definition) is 3. The van der Waals surface area contributed by atoms with E-state index >= 15 is 0 Å². The summed E-state index contributed by atoms with van der Waals surface area (Å²) in [6.07, 6.45) is -4.52. The molecule has 0 atom stereocenters. The number of amides is 1. The molecule has 8 heteroatoms. The molecule has 0 bridgehead atoms. The summed E-state index contributed by atoms with van der Waals surface area (Å²) in [5.74, 6) is -0.433. The van der Waals surface area contributed by atoms with Crippen molar-refractivity contribution >= 4 is 28.9 Å². The van der Waals surface area contributed by atoms with Crippen LogP contribution in [-0.4, -0.2) is 32.2 Å². The smallest absolute Gasteiger partial charge is 0.378 e. The Labute approximate surface area is 159 Å². The van der Waals surface area contributed by atoms with E-state index in [-0.39, 0.29) is 12.1 Å². The molecule has 1 fully saturated rings. The highest BCUT2D eigenvalue weighted by Gasteiger charge is 2.32. The molecule has 4 nitrogen and oxygen atoms in total. The molecule has 0 saturated carbocycles. The summed E-state index contributed by atoms with van der Waals surface area (Å²) < 4.78 is 44.6. The largest absolute Gasteiger partial charge is 0.416 e. The Bertz CT molecular complexity index is 821. The summed E-state index contributed by atoms with van der Waals surface area (Å²) in [6.45, 7) is 2.04. The van der Waals surface area contributed by atoms with E-state index in [9.17, 15) is 18.0 Å². The molecule has 1 aliphatic heterocycles. The molecule has 2 aromatic carbocycles. The van der Waals surface area contributed by atoms with E-state index in [1.54, 1.807) is 24.3 Å². The molecule has 2 aromatic rings. The second kappa shape index (κ2) is 8.19. The molecule has 3 rings (SSSR count). The minimum Gasteiger partial charge on any atom is -0.378 e. The Kier molecular flexibility index (Phi) is 5.92. The molecule has 0 unspecified atom stereocenters. The quantitative estimate of drug-likeness (QED) is 0.831. The number of morpholine rings is 1. The van der Waals surface area contributed by atoms with Crippen molar-refractivity contribution in [3.8, 4) is 0 Å². The van der Waals surface area contributed by atoms with Crippen molar-refractivity contribution < 1.29 is 22.7 Å². The van der Waals surface area contributed by atoms with Crippen molar-refractivity contribution in [2.45, 2.75) is 12.6 Å². The first-order valence-electron chi connectivity index (χ1n) is 8.42. The number of nitrogens with zero attached hydrogens (tertiary/aromatic N) is 1. The number of ether oxygens (including phenoxy) is 1. The van der Waals surface area contributed by atoms with Gasteiger partial charge >= 0.3 is 6.18 Å². The minimum absolute atomic E-state index is 0.0293. The van der Waals surface area contributed by atoms with Crippen LogP contribution in [0.3, 0.4) is 0 Å². The maximum absolute atomic E-state index is 13.1. The Hall–Kier alpha value is -2.25. The van der Waals surface area contributed by atoms with E-state index in [0.29, 0.717) is 42.6 Å². The fourth-order valence-corrected chi connectivity index (χ4v) is 3.10.